The number of unbranched alkanes of at least 4 members (excludes halogenated alkanes) is 1. The Hall–Kier alpha value is -2.89. The zero-order valence-electron chi connectivity index (χ0n) is 27.3. The summed E-state index contributed by atoms with van der Waals surface area (Å²) >= 11 is 1.12. The van der Waals surface area contributed by atoms with Gasteiger partial charge in [0.15, 0.2) is 0 Å². The minimum atomic E-state index is -0.387. The lowest BCUT2D eigenvalue weighted by Gasteiger charge is -2.22. The van der Waals surface area contributed by atoms with E-state index < -0.39 is 0 Å². The van der Waals surface area contributed by atoms with E-state index in [4.69, 9.17) is 20.4 Å². The standard InChI is InChI=1S/C27H29FN5OPS.C8H18O/c1-4-14(3)20(22-15(10-29)26(30)36-25(22)19(28)5-2)21-18-13-34-12-17(18)16-11-31-27(32-23(16)24(21)35)33-8-6-7-9-33;1-3-5-7-8(9)6-4-2/h5,11H,4,6-9,12-13,30,35H2,1-3H3;8-9H,3-7H2,1-2H3/b19-5+,20-14+;/t;8-/m.0/s1. The van der Waals surface area contributed by atoms with E-state index in [2.05, 4.69) is 41.0 Å². The molecular weight excluding hydrogens is 604 g/mol. The predicted octanol–water partition coefficient (Wildman–Crippen LogP) is 8.18. The van der Waals surface area contributed by atoms with Crippen LogP contribution in [0.2, 0.25) is 0 Å². The third kappa shape index (κ3) is 7.41. The number of rotatable bonds is 10. The summed E-state index contributed by atoms with van der Waals surface area (Å²) < 4.78 is 21.1. The molecule has 10 heteroatoms. The number of anilines is 2. The Balaban J connectivity index is 0.000000448. The minimum Gasteiger partial charge on any atom is -0.393 e. The molecule has 242 valence electrons. The van der Waals surface area contributed by atoms with E-state index in [1.54, 1.807) is 6.92 Å². The molecule has 0 saturated carbocycles. The van der Waals surface area contributed by atoms with Crippen LogP contribution in [0.25, 0.3) is 22.3 Å². The number of aromatic nitrogens is 2. The lowest BCUT2D eigenvalue weighted by Crippen LogP contribution is -2.21. The summed E-state index contributed by atoms with van der Waals surface area (Å²) in [6.07, 6.45) is 11.7. The zero-order valence-corrected chi connectivity index (χ0v) is 29.3. The van der Waals surface area contributed by atoms with Gasteiger partial charge in [-0.1, -0.05) is 51.7 Å². The highest BCUT2D eigenvalue weighted by Gasteiger charge is 2.31. The Labute approximate surface area is 273 Å². The van der Waals surface area contributed by atoms with Crippen molar-refractivity contribution in [2.75, 3.05) is 23.7 Å². The second kappa shape index (κ2) is 16.1. The molecular formula is C35H47FN5O2PS. The number of nitrogen functional groups attached to an aromatic ring is 1. The first kappa shape index (κ1) is 35.0. The number of hydrogen-bond acceptors (Lipinski definition) is 8. The number of thiophene rings is 1. The van der Waals surface area contributed by atoms with Crippen LogP contribution in [0.4, 0.5) is 15.3 Å². The van der Waals surface area contributed by atoms with Crippen molar-refractivity contribution in [2.45, 2.75) is 105 Å². The van der Waals surface area contributed by atoms with Crippen LogP contribution in [0, 0.1) is 11.3 Å². The van der Waals surface area contributed by atoms with Crippen LogP contribution >= 0.6 is 20.6 Å². The molecule has 5 rings (SSSR count). The van der Waals surface area contributed by atoms with Crippen LogP contribution in [0.1, 0.15) is 119 Å². The van der Waals surface area contributed by atoms with Gasteiger partial charge in [0.05, 0.1) is 35.3 Å². The molecule has 2 aromatic heterocycles. The summed E-state index contributed by atoms with van der Waals surface area (Å²) in [5.41, 5.74) is 12.9. The van der Waals surface area contributed by atoms with Crippen molar-refractivity contribution in [2.24, 2.45) is 0 Å². The summed E-state index contributed by atoms with van der Waals surface area (Å²) in [5, 5.41) is 21.4. The largest absolute Gasteiger partial charge is 0.393 e. The Morgan fingerprint density at radius 2 is 1.91 bits per heavy atom. The fourth-order valence-electron chi connectivity index (χ4n) is 6.07. The normalized spacial score (nSPS) is 15.9. The molecule has 7 nitrogen and oxygen atoms in total. The Morgan fingerprint density at radius 3 is 2.53 bits per heavy atom. The second-order valence-electron chi connectivity index (χ2n) is 11.8. The fraction of sp³-hybridized carbons (Fsp3) is 0.514. The summed E-state index contributed by atoms with van der Waals surface area (Å²) in [6.45, 7) is 12.8. The van der Waals surface area contributed by atoms with E-state index in [9.17, 15) is 10.4 Å². The average molecular weight is 652 g/mol. The first-order chi connectivity index (χ1) is 21.7. The number of nitriles is 1. The molecule has 1 saturated heterocycles. The molecule has 0 amide bonds. The van der Waals surface area contributed by atoms with Gasteiger partial charge in [0.2, 0.25) is 5.95 Å². The van der Waals surface area contributed by atoms with E-state index in [1.807, 2.05) is 13.1 Å². The highest BCUT2D eigenvalue weighted by Crippen LogP contribution is 2.46. The number of aliphatic hydroxyl groups is 1. The van der Waals surface area contributed by atoms with Gasteiger partial charge in [-0.2, -0.15) is 5.26 Å². The van der Waals surface area contributed by atoms with Crippen LogP contribution < -0.4 is 15.9 Å². The molecule has 1 fully saturated rings. The molecule has 2 aliphatic rings. The number of nitrogens with two attached hydrogens (primary N) is 1. The number of hydrogen-bond donors (Lipinski definition) is 2. The number of nitrogens with zero attached hydrogens (tertiary/aromatic N) is 4. The van der Waals surface area contributed by atoms with Crippen LogP contribution in [0.5, 0.6) is 0 Å². The van der Waals surface area contributed by atoms with E-state index >= 15 is 4.39 Å². The number of benzene rings is 1. The Morgan fingerprint density at radius 1 is 1.20 bits per heavy atom. The van der Waals surface area contributed by atoms with Gasteiger partial charge in [-0.3, -0.25) is 0 Å². The number of halogens is 1. The molecule has 3 aromatic rings. The van der Waals surface area contributed by atoms with Gasteiger partial charge in [0.1, 0.15) is 16.9 Å². The van der Waals surface area contributed by atoms with E-state index in [1.165, 1.54) is 18.9 Å². The molecule has 45 heavy (non-hydrogen) atoms. The molecule has 2 aliphatic heterocycles. The summed E-state index contributed by atoms with van der Waals surface area (Å²) in [6, 6.07) is 2.25. The number of allylic oxidation sites excluding steroid dienone is 2. The number of aliphatic hydroxyl groups excluding tert-OH is 1. The second-order valence-corrected chi connectivity index (χ2v) is 13.4. The molecule has 2 atom stereocenters. The smallest absolute Gasteiger partial charge is 0.225 e. The molecule has 0 radical (unpaired) electrons. The van der Waals surface area contributed by atoms with Gasteiger partial charge in [-0.05, 0) is 68.2 Å². The van der Waals surface area contributed by atoms with Crippen molar-refractivity contribution in [3.05, 3.63) is 50.5 Å². The lowest BCUT2D eigenvalue weighted by molar-refractivity contribution is 0.135. The lowest BCUT2D eigenvalue weighted by atomic mass is 9.85. The fourth-order valence-corrected chi connectivity index (χ4v) is 7.60. The van der Waals surface area contributed by atoms with Crippen molar-refractivity contribution >= 4 is 59.1 Å². The van der Waals surface area contributed by atoms with Gasteiger partial charge in [0.25, 0.3) is 0 Å². The molecule has 1 unspecified atom stereocenters. The highest BCUT2D eigenvalue weighted by atomic mass is 32.1. The van der Waals surface area contributed by atoms with Crippen LogP contribution in [-0.4, -0.2) is 34.3 Å². The van der Waals surface area contributed by atoms with Gasteiger partial charge in [0, 0.05) is 35.5 Å². The van der Waals surface area contributed by atoms with Crippen LogP contribution in [-0.2, 0) is 18.0 Å². The summed E-state index contributed by atoms with van der Waals surface area (Å²) in [7, 11) is 2.87. The number of fused-ring (bicyclic) bond motifs is 3. The van der Waals surface area contributed by atoms with Crippen LogP contribution in [0.3, 0.4) is 0 Å². The Kier molecular flexibility index (Phi) is 12.5. The third-order valence-corrected chi connectivity index (χ3v) is 10.3. The maximum absolute atomic E-state index is 15.2. The van der Waals surface area contributed by atoms with Crippen molar-refractivity contribution in [1.29, 1.82) is 5.26 Å². The minimum absolute atomic E-state index is 0.0325. The average Bonchev–Trinajstić information content (AvgIpc) is 3.82. The molecule has 0 bridgehead atoms. The maximum Gasteiger partial charge on any atom is 0.225 e. The topological polar surface area (TPSA) is 108 Å². The van der Waals surface area contributed by atoms with Gasteiger partial charge >= 0.3 is 0 Å². The van der Waals surface area contributed by atoms with Crippen molar-refractivity contribution < 1.29 is 14.2 Å². The van der Waals surface area contributed by atoms with Gasteiger partial charge in [-0.25, -0.2) is 14.4 Å². The monoisotopic (exact) mass is 651 g/mol. The van der Waals surface area contributed by atoms with E-state index in [0.717, 1.165) is 113 Å². The molecule has 4 heterocycles. The maximum atomic E-state index is 15.2. The Bertz CT molecular complexity index is 1620. The van der Waals surface area contributed by atoms with Gasteiger partial charge in [-0.15, -0.1) is 20.6 Å². The first-order valence-electron chi connectivity index (χ1n) is 16.2. The summed E-state index contributed by atoms with van der Waals surface area (Å²) in [4.78, 5) is 12.3. The first-order valence-corrected chi connectivity index (χ1v) is 17.6. The highest BCUT2D eigenvalue weighted by molar-refractivity contribution is 7.28. The molecule has 3 N–H and O–H groups in total. The van der Waals surface area contributed by atoms with Crippen molar-refractivity contribution in [3.8, 4) is 6.07 Å². The molecule has 0 spiro atoms. The quantitative estimate of drug-likeness (QED) is 0.213. The van der Waals surface area contributed by atoms with Gasteiger partial charge < -0.3 is 20.5 Å². The number of ether oxygens (including phenoxy) is 1. The van der Waals surface area contributed by atoms with E-state index in [0.29, 0.717) is 34.2 Å². The van der Waals surface area contributed by atoms with Crippen molar-refractivity contribution in [3.63, 3.8) is 0 Å². The summed E-state index contributed by atoms with van der Waals surface area (Å²) in [5.74, 6) is 0.339. The molecule has 0 aliphatic carbocycles. The van der Waals surface area contributed by atoms with Crippen molar-refractivity contribution in [1.82, 2.24) is 9.97 Å². The van der Waals surface area contributed by atoms with E-state index in [-0.39, 0.29) is 11.9 Å². The zero-order chi connectivity index (χ0) is 32.7. The van der Waals surface area contributed by atoms with Crippen LogP contribution in [0.15, 0.2) is 17.8 Å². The third-order valence-electron chi connectivity index (χ3n) is 8.66. The SMILES string of the molecule is C/C=C(/F)c1sc(N)c(C#N)c1/C(=C(\C)CC)c1c2c(c3cnc(N4CCCC4)nc3c1P)COC2.CCCC[C@@H](O)CCC. The molecule has 1 aromatic carbocycles. The predicted molar refractivity (Wildman–Crippen MR) is 189 cm³/mol.